The largest absolute Gasteiger partial charge is 0.393 e. The Bertz CT molecular complexity index is 367. The van der Waals surface area contributed by atoms with E-state index in [4.69, 9.17) is 0 Å². The van der Waals surface area contributed by atoms with Crippen LogP contribution in [0.5, 0.6) is 0 Å². The van der Waals surface area contributed by atoms with Crippen molar-refractivity contribution >= 4 is 6.03 Å². The average molecular weight is 309 g/mol. The molecule has 22 heavy (non-hydrogen) atoms. The third-order valence-corrected chi connectivity index (χ3v) is 5.03. The first-order valence-electron chi connectivity index (χ1n) is 8.63. The second kappa shape index (κ2) is 8.53. The van der Waals surface area contributed by atoms with E-state index in [2.05, 4.69) is 16.8 Å². The van der Waals surface area contributed by atoms with E-state index in [-0.39, 0.29) is 24.1 Å². The van der Waals surface area contributed by atoms with Gasteiger partial charge in [-0.25, -0.2) is 4.79 Å². The van der Waals surface area contributed by atoms with Gasteiger partial charge in [-0.2, -0.15) is 0 Å². The molecule has 2 rings (SSSR count). The molecule has 126 valence electrons. The number of hydrogen-bond donors (Lipinski definition) is 2. The van der Waals surface area contributed by atoms with Gasteiger partial charge in [0.2, 0.25) is 0 Å². The zero-order valence-electron chi connectivity index (χ0n) is 13.8. The summed E-state index contributed by atoms with van der Waals surface area (Å²) >= 11 is 0. The van der Waals surface area contributed by atoms with E-state index in [0.29, 0.717) is 6.54 Å². The predicted octanol–water partition coefficient (Wildman–Crippen LogP) is 1.83. The van der Waals surface area contributed by atoms with Gasteiger partial charge in [-0.3, -0.25) is 4.90 Å². The molecule has 2 atom stereocenters. The van der Waals surface area contributed by atoms with Gasteiger partial charge in [0.05, 0.1) is 6.10 Å². The van der Waals surface area contributed by atoms with Crippen molar-refractivity contribution in [3.63, 3.8) is 0 Å². The zero-order chi connectivity index (χ0) is 15.9. The summed E-state index contributed by atoms with van der Waals surface area (Å²) in [4.78, 5) is 16.4. The van der Waals surface area contributed by atoms with Crippen LogP contribution >= 0.6 is 0 Å². The van der Waals surface area contributed by atoms with Crippen LogP contribution in [0.2, 0.25) is 0 Å². The van der Waals surface area contributed by atoms with Gasteiger partial charge in [0.1, 0.15) is 0 Å². The molecule has 2 amide bonds. The van der Waals surface area contributed by atoms with Gasteiger partial charge in [0.25, 0.3) is 0 Å². The van der Waals surface area contributed by atoms with E-state index in [1.807, 2.05) is 13.1 Å². The quantitative estimate of drug-likeness (QED) is 0.762. The average Bonchev–Trinajstić information content (AvgIpc) is 2.51. The molecule has 2 N–H and O–H groups in total. The highest BCUT2D eigenvalue weighted by Gasteiger charge is 2.27. The van der Waals surface area contributed by atoms with Crippen LogP contribution in [0.25, 0.3) is 0 Å². The van der Waals surface area contributed by atoms with Crippen molar-refractivity contribution in [2.75, 3.05) is 33.2 Å². The van der Waals surface area contributed by atoms with Gasteiger partial charge >= 0.3 is 6.03 Å². The first-order valence-corrected chi connectivity index (χ1v) is 8.63. The molecule has 1 heterocycles. The third kappa shape index (κ3) is 4.99. The fourth-order valence-electron chi connectivity index (χ4n) is 3.56. The molecular formula is C17H31N3O2. The molecule has 0 aromatic rings. The van der Waals surface area contributed by atoms with Gasteiger partial charge in [-0.05, 0) is 25.7 Å². The lowest BCUT2D eigenvalue weighted by atomic mass is 9.86. The molecule has 0 radical (unpaired) electrons. The molecule has 0 aromatic carbocycles. The lowest BCUT2D eigenvalue weighted by molar-refractivity contribution is 0.0560. The summed E-state index contributed by atoms with van der Waals surface area (Å²) in [5, 5.41) is 13.2. The Hall–Kier alpha value is -1.07. The minimum atomic E-state index is -0.244. The Kier molecular flexibility index (Phi) is 6.70. The van der Waals surface area contributed by atoms with Crippen LogP contribution in [-0.4, -0.2) is 66.3 Å². The fraction of sp³-hybridized carbons (Fsp3) is 0.824. The molecule has 0 spiro atoms. The fourth-order valence-corrected chi connectivity index (χ4v) is 3.56. The molecule has 1 aliphatic carbocycles. The van der Waals surface area contributed by atoms with Gasteiger partial charge in [-0.15, -0.1) is 6.58 Å². The molecule has 2 fully saturated rings. The van der Waals surface area contributed by atoms with Gasteiger partial charge < -0.3 is 15.3 Å². The second-order valence-electron chi connectivity index (χ2n) is 6.81. The molecule has 0 aromatic heterocycles. The van der Waals surface area contributed by atoms with Gasteiger partial charge in [0.15, 0.2) is 0 Å². The standard InChI is InChI=1S/C17H31N3O2/c1-3-10-20-11-8-15(9-12-20)18-17(22)19(2)13-14-6-4-5-7-16(14)21/h3,14-16,21H,1,4-13H2,2H3,(H,18,22)/t14-,16+/m0/s1. The number of nitrogens with one attached hydrogen (secondary N) is 1. The number of carbonyl (C=O) groups is 1. The molecule has 5 nitrogen and oxygen atoms in total. The highest BCUT2D eigenvalue weighted by molar-refractivity contribution is 5.74. The number of amides is 2. The van der Waals surface area contributed by atoms with E-state index in [1.54, 1.807) is 4.90 Å². The first-order chi connectivity index (χ1) is 10.6. The molecular weight excluding hydrogens is 278 g/mol. The maximum Gasteiger partial charge on any atom is 0.317 e. The Morgan fingerprint density at radius 2 is 2.00 bits per heavy atom. The summed E-state index contributed by atoms with van der Waals surface area (Å²) in [6.07, 6.45) is 7.86. The van der Waals surface area contributed by atoms with E-state index >= 15 is 0 Å². The number of nitrogens with zero attached hydrogens (tertiary/aromatic N) is 2. The van der Waals surface area contributed by atoms with E-state index in [1.165, 1.54) is 6.42 Å². The zero-order valence-corrected chi connectivity index (χ0v) is 13.8. The van der Waals surface area contributed by atoms with Crippen LogP contribution in [-0.2, 0) is 0 Å². The van der Waals surface area contributed by atoms with Crippen molar-refractivity contribution in [2.24, 2.45) is 5.92 Å². The van der Waals surface area contributed by atoms with E-state index in [9.17, 15) is 9.90 Å². The maximum atomic E-state index is 12.3. The monoisotopic (exact) mass is 309 g/mol. The summed E-state index contributed by atoms with van der Waals surface area (Å²) in [6.45, 7) is 7.39. The molecule has 5 heteroatoms. The Balaban J connectivity index is 1.71. The SMILES string of the molecule is C=CCN1CCC(NC(=O)N(C)C[C@@H]2CCCC[C@H]2O)CC1. The minimum absolute atomic E-state index is 0.0000517. The van der Waals surface area contributed by atoms with Crippen LogP contribution < -0.4 is 5.32 Å². The summed E-state index contributed by atoms with van der Waals surface area (Å²) in [5.41, 5.74) is 0. The number of likely N-dealkylation sites (tertiary alicyclic amines) is 1. The van der Waals surface area contributed by atoms with E-state index < -0.39 is 0 Å². The smallest absolute Gasteiger partial charge is 0.317 e. The number of aliphatic hydroxyl groups is 1. The highest BCUT2D eigenvalue weighted by Crippen LogP contribution is 2.24. The number of aliphatic hydroxyl groups excluding tert-OH is 1. The van der Waals surface area contributed by atoms with Crippen LogP contribution in [0.1, 0.15) is 38.5 Å². The highest BCUT2D eigenvalue weighted by atomic mass is 16.3. The van der Waals surface area contributed by atoms with Crippen molar-refractivity contribution < 1.29 is 9.90 Å². The van der Waals surface area contributed by atoms with E-state index in [0.717, 1.165) is 51.7 Å². The lowest BCUT2D eigenvalue weighted by Crippen LogP contribution is -2.49. The van der Waals surface area contributed by atoms with Crippen molar-refractivity contribution in [1.82, 2.24) is 15.1 Å². The Morgan fingerprint density at radius 1 is 1.32 bits per heavy atom. The van der Waals surface area contributed by atoms with Crippen LogP contribution in [0.3, 0.4) is 0 Å². The third-order valence-electron chi connectivity index (χ3n) is 5.03. The minimum Gasteiger partial charge on any atom is -0.393 e. The molecule has 0 bridgehead atoms. The van der Waals surface area contributed by atoms with Crippen LogP contribution in [0, 0.1) is 5.92 Å². The van der Waals surface area contributed by atoms with Crippen molar-refractivity contribution in [3.8, 4) is 0 Å². The van der Waals surface area contributed by atoms with Crippen LogP contribution in [0.4, 0.5) is 4.79 Å². The summed E-state index contributed by atoms with van der Waals surface area (Å²) < 4.78 is 0. The number of carbonyl (C=O) groups excluding carboxylic acids is 1. The van der Waals surface area contributed by atoms with Gasteiger partial charge in [-0.1, -0.05) is 18.9 Å². The van der Waals surface area contributed by atoms with Crippen LogP contribution in [0.15, 0.2) is 12.7 Å². The lowest BCUT2D eigenvalue weighted by Gasteiger charge is -2.34. The van der Waals surface area contributed by atoms with Crippen molar-refractivity contribution in [3.05, 3.63) is 12.7 Å². The number of hydrogen-bond acceptors (Lipinski definition) is 3. The number of urea groups is 1. The van der Waals surface area contributed by atoms with Crippen molar-refractivity contribution in [1.29, 1.82) is 0 Å². The Labute approximate surface area is 134 Å². The topological polar surface area (TPSA) is 55.8 Å². The molecule has 1 saturated heterocycles. The number of rotatable bonds is 5. The maximum absolute atomic E-state index is 12.3. The second-order valence-corrected chi connectivity index (χ2v) is 6.81. The predicted molar refractivity (Wildman–Crippen MR) is 88.8 cm³/mol. The van der Waals surface area contributed by atoms with Gasteiger partial charge in [0, 0.05) is 45.2 Å². The molecule has 1 saturated carbocycles. The molecule has 1 aliphatic heterocycles. The van der Waals surface area contributed by atoms with Crippen molar-refractivity contribution in [2.45, 2.75) is 50.7 Å². The summed E-state index contributed by atoms with van der Waals surface area (Å²) in [7, 11) is 1.84. The summed E-state index contributed by atoms with van der Waals surface area (Å²) in [5.74, 6) is 0.235. The molecule has 0 unspecified atom stereocenters. The Morgan fingerprint density at radius 3 is 2.64 bits per heavy atom. The normalized spacial score (nSPS) is 27.4. The molecule has 2 aliphatic rings. The number of piperidine rings is 1. The first kappa shape index (κ1) is 17.3. The summed E-state index contributed by atoms with van der Waals surface area (Å²) in [6, 6.07) is 0.271.